The van der Waals surface area contributed by atoms with Crippen LogP contribution in [0.2, 0.25) is 10.0 Å². The van der Waals surface area contributed by atoms with Gasteiger partial charge in [-0.1, -0.05) is 29.3 Å². The van der Waals surface area contributed by atoms with Crippen molar-refractivity contribution < 1.29 is 26.3 Å². The fourth-order valence-electron chi connectivity index (χ4n) is 2.64. The second kappa shape index (κ2) is 9.09. The Balaban J connectivity index is 2.38. The van der Waals surface area contributed by atoms with Crippen molar-refractivity contribution in [3.63, 3.8) is 0 Å². The molecule has 0 spiro atoms. The number of nitrogens with zero attached hydrogens (tertiary/aromatic N) is 2. The van der Waals surface area contributed by atoms with E-state index < -0.39 is 28.2 Å². The quantitative estimate of drug-likeness (QED) is 0.582. The predicted octanol–water partition coefficient (Wildman–Crippen LogP) is 4.82. The van der Waals surface area contributed by atoms with E-state index in [4.69, 9.17) is 23.2 Å². The molecule has 0 fully saturated rings. The van der Waals surface area contributed by atoms with Gasteiger partial charge in [-0.2, -0.15) is 4.31 Å². The van der Waals surface area contributed by atoms with E-state index in [2.05, 4.69) is 4.74 Å². The number of alkyl halides is 3. The molecule has 5 nitrogen and oxygen atoms in total. The van der Waals surface area contributed by atoms with E-state index in [1.807, 2.05) is 0 Å². The molecule has 0 aliphatic rings. The standard InChI is InChI=1S/C18H19Cl2F3N2O3S/c1-24(2)11-17(12-4-9-15(19)16(20)10-12)25(3)29(26,27)14-7-5-13(6-8-14)28-18(21,22)23/h4-10,17H,11H2,1-3H3/t17-/m1/s1. The molecule has 29 heavy (non-hydrogen) atoms. The zero-order valence-corrected chi connectivity index (χ0v) is 18.1. The van der Waals surface area contributed by atoms with Gasteiger partial charge >= 0.3 is 6.36 Å². The maximum Gasteiger partial charge on any atom is 0.573 e. The van der Waals surface area contributed by atoms with Crippen LogP contribution in [0.4, 0.5) is 13.2 Å². The number of sulfonamides is 1. The van der Waals surface area contributed by atoms with Crippen LogP contribution in [-0.4, -0.2) is 51.7 Å². The molecule has 0 N–H and O–H groups in total. The van der Waals surface area contributed by atoms with Crippen molar-refractivity contribution in [2.45, 2.75) is 17.3 Å². The zero-order chi connectivity index (χ0) is 22.0. The number of hydrogen-bond donors (Lipinski definition) is 0. The maximum atomic E-state index is 13.1. The fraction of sp³-hybridized carbons (Fsp3) is 0.333. The third-order valence-electron chi connectivity index (χ3n) is 4.04. The SMILES string of the molecule is CN(C)C[C@H](c1ccc(Cl)c(Cl)c1)N(C)S(=O)(=O)c1ccc(OC(F)(F)F)cc1. The summed E-state index contributed by atoms with van der Waals surface area (Å²) in [7, 11) is 0.945. The van der Waals surface area contributed by atoms with Crippen LogP contribution in [0.5, 0.6) is 5.75 Å². The Morgan fingerprint density at radius 2 is 1.59 bits per heavy atom. The van der Waals surface area contributed by atoms with Crippen LogP contribution in [-0.2, 0) is 10.0 Å². The van der Waals surface area contributed by atoms with Crippen molar-refractivity contribution in [3.05, 3.63) is 58.1 Å². The van der Waals surface area contributed by atoms with Crippen LogP contribution in [0.3, 0.4) is 0 Å². The molecule has 11 heteroatoms. The van der Waals surface area contributed by atoms with E-state index in [9.17, 15) is 21.6 Å². The molecule has 0 unspecified atom stereocenters. The Morgan fingerprint density at radius 3 is 2.07 bits per heavy atom. The highest BCUT2D eigenvalue weighted by Gasteiger charge is 2.32. The summed E-state index contributed by atoms with van der Waals surface area (Å²) in [5.74, 6) is -0.506. The van der Waals surface area contributed by atoms with Crippen molar-refractivity contribution in [1.29, 1.82) is 0 Å². The first kappa shape index (κ1) is 23.8. The molecule has 0 radical (unpaired) electrons. The summed E-state index contributed by atoms with van der Waals surface area (Å²) in [4.78, 5) is 1.64. The van der Waals surface area contributed by atoms with Crippen LogP contribution >= 0.6 is 23.2 Å². The van der Waals surface area contributed by atoms with Crippen molar-refractivity contribution in [3.8, 4) is 5.75 Å². The van der Waals surface area contributed by atoms with Gasteiger partial charge in [-0.05, 0) is 56.1 Å². The van der Waals surface area contributed by atoms with Gasteiger partial charge in [0.15, 0.2) is 0 Å². The zero-order valence-electron chi connectivity index (χ0n) is 15.7. The molecule has 0 heterocycles. The summed E-state index contributed by atoms with van der Waals surface area (Å²) in [6.45, 7) is 0.336. The van der Waals surface area contributed by atoms with Crippen LogP contribution < -0.4 is 4.74 Å². The molecule has 0 aliphatic carbocycles. The minimum Gasteiger partial charge on any atom is -0.406 e. The normalized spacial score (nSPS) is 13.7. The molecule has 0 aromatic heterocycles. The lowest BCUT2D eigenvalue weighted by atomic mass is 10.1. The summed E-state index contributed by atoms with van der Waals surface area (Å²) in [5, 5.41) is 0.622. The Morgan fingerprint density at radius 1 is 1.00 bits per heavy atom. The summed E-state index contributed by atoms with van der Waals surface area (Å²) in [5.41, 5.74) is 0.621. The highest BCUT2D eigenvalue weighted by molar-refractivity contribution is 7.89. The number of rotatable bonds is 7. The van der Waals surface area contributed by atoms with Crippen LogP contribution in [0.15, 0.2) is 47.4 Å². The van der Waals surface area contributed by atoms with Gasteiger partial charge in [0.25, 0.3) is 0 Å². The minimum atomic E-state index is -4.86. The van der Waals surface area contributed by atoms with Crippen LogP contribution in [0.1, 0.15) is 11.6 Å². The largest absolute Gasteiger partial charge is 0.573 e. The molecule has 0 saturated carbocycles. The van der Waals surface area contributed by atoms with Gasteiger partial charge in [0, 0.05) is 13.6 Å². The smallest absolute Gasteiger partial charge is 0.406 e. The first-order valence-corrected chi connectivity index (χ1v) is 10.4. The van der Waals surface area contributed by atoms with E-state index >= 15 is 0 Å². The Bertz CT molecular complexity index is 952. The number of halogens is 5. The van der Waals surface area contributed by atoms with E-state index in [0.717, 1.165) is 28.6 Å². The summed E-state index contributed by atoms with van der Waals surface area (Å²) >= 11 is 12.0. The average molecular weight is 471 g/mol. The number of benzene rings is 2. The monoisotopic (exact) mass is 470 g/mol. The average Bonchev–Trinajstić information content (AvgIpc) is 2.60. The third-order valence-corrected chi connectivity index (χ3v) is 6.66. The third kappa shape index (κ3) is 6.23. The molecular weight excluding hydrogens is 452 g/mol. The molecule has 0 aliphatic heterocycles. The fourth-order valence-corrected chi connectivity index (χ4v) is 4.29. The van der Waals surface area contributed by atoms with Gasteiger partial charge in [-0.3, -0.25) is 0 Å². The maximum absolute atomic E-state index is 13.1. The van der Waals surface area contributed by atoms with Gasteiger partial charge in [0.05, 0.1) is 21.0 Å². The first-order chi connectivity index (χ1) is 13.3. The number of likely N-dealkylation sites (N-methyl/N-ethyl adjacent to an activating group) is 2. The second-order valence-corrected chi connectivity index (χ2v) is 9.30. The van der Waals surface area contributed by atoms with Crippen LogP contribution in [0, 0.1) is 0 Å². The van der Waals surface area contributed by atoms with Crippen molar-refractivity contribution in [2.24, 2.45) is 0 Å². The minimum absolute atomic E-state index is 0.168. The van der Waals surface area contributed by atoms with Gasteiger partial charge < -0.3 is 9.64 Å². The summed E-state index contributed by atoms with van der Waals surface area (Å²) in [6.07, 6.45) is -4.86. The molecule has 0 bridgehead atoms. The van der Waals surface area contributed by atoms with Gasteiger partial charge in [0.1, 0.15) is 5.75 Å². The van der Waals surface area contributed by atoms with Gasteiger partial charge in [-0.25, -0.2) is 8.42 Å². The Kier molecular flexibility index (Phi) is 7.45. The van der Waals surface area contributed by atoms with E-state index in [1.165, 1.54) is 7.05 Å². The lowest BCUT2D eigenvalue weighted by molar-refractivity contribution is -0.274. The molecule has 160 valence electrons. The molecule has 2 rings (SSSR count). The van der Waals surface area contributed by atoms with Gasteiger partial charge in [0.2, 0.25) is 10.0 Å². The lowest BCUT2D eigenvalue weighted by Crippen LogP contribution is -2.37. The van der Waals surface area contributed by atoms with Crippen molar-refractivity contribution in [2.75, 3.05) is 27.7 Å². The molecule has 1 atom stereocenters. The first-order valence-electron chi connectivity index (χ1n) is 8.25. The van der Waals surface area contributed by atoms with E-state index in [0.29, 0.717) is 17.1 Å². The molecule has 0 amide bonds. The second-order valence-electron chi connectivity index (χ2n) is 6.49. The lowest BCUT2D eigenvalue weighted by Gasteiger charge is -2.30. The highest BCUT2D eigenvalue weighted by atomic mass is 35.5. The predicted molar refractivity (Wildman–Crippen MR) is 106 cm³/mol. The topological polar surface area (TPSA) is 49.9 Å². The van der Waals surface area contributed by atoms with Gasteiger partial charge in [-0.15, -0.1) is 13.2 Å². The molecular formula is C18H19Cl2F3N2O3S. The van der Waals surface area contributed by atoms with Crippen molar-refractivity contribution in [1.82, 2.24) is 9.21 Å². The summed E-state index contributed by atoms with van der Waals surface area (Å²) < 4.78 is 68.0. The van der Waals surface area contributed by atoms with Crippen LogP contribution in [0.25, 0.3) is 0 Å². The molecule has 2 aromatic carbocycles. The number of ether oxygens (including phenoxy) is 1. The molecule has 2 aromatic rings. The Labute approximate surface area is 177 Å². The summed E-state index contributed by atoms with van der Waals surface area (Å²) in [6, 6.07) is 8.26. The van der Waals surface area contributed by atoms with E-state index in [-0.39, 0.29) is 9.92 Å². The van der Waals surface area contributed by atoms with E-state index in [1.54, 1.807) is 37.2 Å². The molecule has 0 saturated heterocycles. The van der Waals surface area contributed by atoms with Crippen molar-refractivity contribution >= 4 is 33.2 Å². The Hall–Kier alpha value is -1.52. The highest BCUT2D eigenvalue weighted by Crippen LogP contribution is 2.32. The number of hydrogen-bond acceptors (Lipinski definition) is 4.